The van der Waals surface area contributed by atoms with Crippen LogP contribution in [0.25, 0.3) is 0 Å². The zero-order valence-corrected chi connectivity index (χ0v) is 16.7. The van der Waals surface area contributed by atoms with Crippen LogP contribution in [-0.2, 0) is 5.41 Å². The molecule has 1 fully saturated rings. The van der Waals surface area contributed by atoms with Gasteiger partial charge >= 0.3 is 11.4 Å². The molecular weight excluding hydrogens is 392 g/mol. The number of hydrogen-bond acceptors (Lipinski definition) is 8. The van der Waals surface area contributed by atoms with Crippen molar-refractivity contribution in [3.8, 4) is 11.5 Å². The maximum absolute atomic E-state index is 11.1. The Labute approximate surface area is 172 Å². The molecule has 0 bridgehead atoms. The van der Waals surface area contributed by atoms with Crippen LogP contribution in [0.3, 0.4) is 0 Å². The Hall–Kier alpha value is -3.69. The summed E-state index contributed by atoms with van der Waals surface area (Å²) in [6.07, 6.45) is 5.68. The van der Waals surface area contributed by atoms with Gasteiger partial charge in [0.05, 0.1) is 29.8 Å². The number of ether oxygens (including phenoxy) is 2. The molecule has 0 unspecified atom stereocenters. The second kappa shape index (κ2) is 8.76. The summed E-state index contributed by atoms with van der Waals surface area (Å²) >= 11 is 0. The summed E-state index contributed by atoms with van der Waals surface area (Å²) in [7, 11) is 3.16. The highest BCUT2D eigenvalue weighted by Crippen LogP contribution is 2.42. The predicted molar refractivity (Wildman–Crippen MR) is 112 cm³/mol. The summed E-state index contributed by atoms with van der Waals surface area (Å²) in [6.45, 7) is 0. The van der Waals surface area contributed by atoms with Gasteiger partial charge in [0.15, 0.2) is 11.5 Å². The summed E-state index contributed by atoms with van der Waals surface area (Å²) < 4.78 is 10.7. The van der Waals surface area contributed by atoms with Crippen molar-refractivity contribution in [1.29, 1.82) is 0 Å². The Balaban J connectivity index is 1.87. The number of benzene rings is 2. The van der Waals surface area contributed by atoms with Gasteiger partial charge in [-0.1, -0.05) is 18.9 Å². The van der Waals surface area contributed by atoms with Gasteiger partial charge in [-0.15, -0.1) is 0 Å². The summed E-state index contributed by atoms with van der Waals surface area (Å²) in [5, 5.41) is 26.4. The average molecular weight is 414 g/mol. The van der Waals surface area contributed by atoms with Gasteiger partial charge in [-0.05, 0) is 36.6 Å². The maximum Gasteiger partial charge on any atom is 0.348 e. The number of hydrazone groups is 1. The number of nitro benzene ring substituents is 2. The van der Waals surface area contributed by atoms with E-state index in [2.05, 4.69) is 10.5 Å². The molecule has 0 heterocycles. The van der Waals surface area contributed by atoms with Crippen LogP contribution in [0.1, 0.15) is 31.2 Å². The lowest BCUT2D eigenvalue weighted by molar-refractivity contribution is -0.422. The van der Waals surface area contributed by atoms with E-state index in [-0.39, 0.29) is 5.41 Å². The van der Waals surface area contributed by atoms with Crippen LogP contribution in [0.2, 0.25) is 0 Å². The van der Waals surface area contributed by atoms with E-state index < -0.39 is 21.2 Å². The minimum atomic E-state index is -0.783. The third-order valence-corrected chi connectivity index (χ3v) is 5.33. The molecule has 0 atom stereocenters. The quantitative estimate of drug-likeness (QED) is 0.384. The Bertz CT molecular complexity index is 985. The molecule has 0 saturated heterocycles. The SMILES string of the molecule is COc1ccc(C2(C=NNc3ccc([N+](=O)[O-])c([N+](=O)[O-])c3)CCCC2)cc1OC. The molecule has 0 aromatic heterocycles. The second-order valence-corrected chi connectivity index (χ2v) is 7.02. The number of methoxy groups -OCH3 is 2. The monoisotopic (exact) mass is 414 g/mol. The van der Waals surface area contributed by atoms with Gasteiger partial charge in [-0.2, -0.15) is 5.10 Å². The van der Waals surface area contributed by atoms with Gasteiger partial charge in [0.1, 0.15) is 0 Å². The van der Waals surface area contributed by atoms with E-state index in [1.54, 1.807) is 20.4 Å². The van der Waals surface area contributed by atoms with Gasteiger partial charge in [-0.3, -0.25) is 25.7 Å². The van der Waals surface area contributed by atoms with E-state index >= 15 is 0 Å². The molecule has 0 spiro atoms. The summed E-state index contributed by atoms with van der Waals surface area (Å²) in [5.41, 5.74) is 2.64. The third kappa shape index (κ3) is 4.17. The first-order chi connectivity index (χ1) is 14.4. The molecule has 1 aliphatic carbocycles. The number of nitrogens with zero attached hydrogens (tertiary/aromatic N) is 3. The minimum absolute atomic E-state index is 0.295. The van der Waals surface area contributed by atoms with Crippen molar-refractivity contribution < 1.29 is 19.3 Å². The van der Waals surface area contributed by atoms with Crippen molar-refractivity contribution in [3.05, 3.63) is 62.2 Å². The molecule has 1 aliphatic rings. The maximum atomic E-state index is 11.1. The highest BCUT2D eigenvalue weighted by atomic mass is 16.6. The van der Waals surface area contributed by atoms with Crippen molar-refractivity contribution in [2.45, 2.75) is 31.1 Å². The zero-order chi connectivity index (χ0) is 21.7. The highest BCUT2D eigenvalue weighted by Gasteiger charge is 2.35. The van der Waals surface area contributed by atoms with Crippen molar-refractivity contribution in [2.75, 3.05) is 19.6 Å². The number of rotatable bonds is 8. The fraction of sp³-hybridized carbons (Fsp3) is 0.350. The fourth-order valence-electron chi connectivity index (χ4n) is 3.77. The van der Waals surface area contributed by atoms with Crippen molar-refractivity contribution in [3.63, 3.8) is 0 Å². The minimum Gasteiger partial charge on any atom is -0.493 e. The molecule has 2 aromatic carbocycles. The predicted octanol–water partition coefficient (Wildman–Crippen LogP) is 4.43. The van der Waals surface area contributed by atoms with Crippen LogP contribution in [0.4, 0.5) is 17.1 Å². The van der Waals surface area contributed by atoms with E-state index in [0.29, 0.717) is 17.2 Å². The van der Waals surface area contributed by atoms with E-state index in [4.69, 9.17) is 9.47 Å². The molecule has 10 heteroatoms. The topological polar surface area (TPSA) is 129 Å². The van der Waals surface area contributed by atoms with Crippen LogP contribution in [0, 0.1) is 20.2 Å². The first-order valence-corrected chi connectivity index (χ1v) is 9.36. The Kier molecular flexibility index (Phi) is 6.14. The largest absolute Gasteiger partial charge is 0.493 e. The molecule has 3 rings (SSSR count). The molecule has 1 N–H and O–H groups in total. The first kappa shape index (κ1) is 21.0. The number of hydrogen-bond donors (Lipinski definition) is 1. The van der Waals surface area contributed by atoms with E-state index in [1.165, 1.54) is 6.07 Å². The van der Waals surface area contributed by atoms with Gasteiger partial charge < -0.3 is 9.47 Å². The standard InChI is InChI=1S/C20H22N4O6/c1-29-18-8-5-14(11-19(18)30-2)20(9-3-4-10-20)13-21-22-15-6-7-16(23(25)26)17(12-15)24(27)28/h5-8,11-13,22H,3-4,9-10H2,1-2H3. The first-order valence-electron chi connectivity index (χ1n) is 9.36. The molecule has 0 radical (unpaired) electrons. The van der Waals surface area contributed by atoms with Crippen molar-refractivity contribution >= 4 is 23.3 Å². The van der Waals surface area contributed by atoms with Crippen LogP contribution >= 0.6 is 0 Å². The van der Waals surface area contributed by atoms with E-state index in [1.807, 2.05) is 18.2 Å². The molecule has 1 saturated carbocycles. The van der Waals surface area contributed by atoms with Crippen molar-refractivity contribution in [2.24, 2.45) is 5.10 Å². The molecule has 2 aromatic rings. The zero-order valence-electron chi connectivity index (χ0n) is 16.7. The fourth-order valence-corrected chi connectivity index (χ4v) is 3.77. The smallest absolute Gasteiger partial charge is 0.348 e. The lowest BCUT2D eigenvalue weighted by atomic mass is 9.80. The second-order valence-electron chi connectivity index (χ2n) is 7.02. The van der Waals surface area contributed by atoms with E-state index in [9.17, 15) is 20.2 Å². The lowest BCUT2D eigenvalue weighted by Gasteiger charge is -2.25. The lowest BCUT2D eigenvalue weighted by Crippen LogP contribution is -2.24. The third-order valence-electron chi connectivity index (χ3n) is 5.33. The van der Waals surface area contributed by atoms with Gasteiger partial charge in [0.2, 0.25) is 0 Å². The summed E-state index contributed by atoms with van der Waals surface area (Å²) in [5.74, 6) is 1.27. The van der Waals surface area contributed by atoms with Crippen LogP contribution in [0.15, 0.2) is 41.5 Å². The molecule has 10 nitrogen and oxygen atoms in total. The Morgan fingerprint density at radius 1 is 0.967 bits per heavy atom. The molecule has 0 aliphatic heterocycles. The molecule has 158 valence electrons. The summed E-state index contributed by atoms with van der Waals surface area (Å²) in [4.78, 5) is 20.5. The Morgan fingerprint density at radius 2 is 1.63 bits per heavy atom. The number of anilines is 1. The number of nitro groups is 2. The number of nitrogens with one attached hydrogen (secondary N) is 1. The molecule has 0 amide bonds. The van der Waals surface area contributed by atoms with Crippen LogP contribution in [0.5, 0.6) is 11.5 Å². The average Bonchev–Trinajstić information content (AvgIpc) is 3.23. The normalized spacial score (nSPS) is 15.1. The van der Waals surface area contributed by atoms with Crippen molar-refractivity contribution in [1.82, 2.24) is 0 Å². The van der Waals surface area contributed by atoms with Gasteiger partial charge in [-0.25, -0.2) is 0 Å². The van der Waals surface area contributed by atoms with Crippen LogP contribution < -0.4 is 14.9 Å². The van der Waals surface area contributed by atoms with Gasteiger partial charge in [0, 0.05) is 23.8 Å². The Morgan fingerprint density at radius 3 is 2.23 bits per heavy atom. The van der Waals surface area contributed by atoms with Gasteiger partial charge in [0.25, 0.3) is 0 Å². The molecular formula is C20H22N4O6. The highest BCUT2D eigenvalue weighted by molar-refractivity contribution is 5.76. The van der Waals surface area contributed by atoms with Crippen LogP contribution in [-0.4, -0.2) is 30.3 Å². The summed E-state index contributed by atoms with van der Waals surface area (Å²) in [6, 6.07) is 9.36. The molecule has 30 heavy (non-hydrogen) atoms. The van der Waals surface area contributed by atoms with E-state index in [0.717, 1.165) is 43.4 Å².